The summed E-state index contributed by atoms with van der Waals surface area (Å²) in [6, 6.07) is 0.0991. The van der Waals surface area contributed by atoms with E-state index in [1.807, 2.05) is 0 Å². The number of amides is 1. The number of guanidine groups is 1. The molecule has 158 valence electrons. The van der Waals surface area contributed by atoms with Gasteiger partial charge >= 0.3 is 0 Å². The van der Waals surface area contributed by atoms with Gasteiger partial charge in [-0.05, 0) is 25.7 Å². The number of nitrogens with one attached hydrogen (secondary N) is 2. The van der Waals surface area contributed by atoms with Crippen LogP contribution < -0.4 is 10.6 Å². The molecule has 0 aliphatic carbocycles. The van der Waals surface area contributed by atoms with Gasteiger partial charge in [0.1, 0.15) is 6.54 Å². The molecule has 1 aliphatic rings. The summed E-state index contributed by atoms with van der Waals surface area (Å²) in [6.07, 6.45) is 5.95. The van der Waals surface area contributed by atoms with Crippen molar-refractivity contribution < 1.29 is 14.3 Å². The fourth-order valence-corrected chi connectivity index (χ4v) is 2.82. The summed E-state index contributed by atoms with van der Waals surface area (Å²) in [5.41, 5.74) is 0. The SMILES string of the molecule is CCCCC(CC)CNC(=NCC(=O)N(C)C)NC(C)COC1CCOC1. The third-order valence-corrected chi connectivity index (χ3v) is 4.83. The normalized spacial score (nSPS) is 19.6. The van der Waals surface area contributed by atoms with Crippen molar-refractivity contribution in [2.75, 3.05) is 47.0 Å². The minimum absolute atomic E-state index is 0.0128. The molecule has 0 aromatic heterocycles. The maximum absolute atomic E-state index is 11.9. The average Bonchev–Trinajstić information content (AvgIpc) is 3.17. The molecule has 2 N–H and O–H groups in total. The highest BCUT2D eigenvalue weighted by atomic mass is 16.5. The van der Waals surface area contributed by atoms with E-state index >= 15 is 0 Å². The molecule has 0 aromatic carbocycles. The molecule has 1 heterocycles. The van der Waals surface area contributed by atoms with Crippen LogP contribution in [-0.4, -0.2) is 75.9 Å². The molecule has 7 heteroatoms. The first-order valence-corrected chi connectivity index (χ1v) is 10.4. The van der Waals surface area contributed by atoms with Crippen LogP contribution in [-0.2, 0) is 14.3 Å². The molecule has 0 spiro atoms. The maximum Gasteiger partial charge on any atom is 0.243 e. The molecule has 0 bridgehead atoms. The van der Waals surface area contributed by atoms with Gasteiger partial charge in [0.05, 0.1) is 19.3 Å². The minimum Gasteiger partial charge on any atom is -0.379 e. The van der Waals surface area contributed by atoms with E-state index in [-0.39, 0.29) is 24.6 Å². The monoisotopic (exact) mass is 384 g/mol. The summed E-state index contributed by atoms with van der Waals surface area (Å²) in [5.74, 6) is 1.28. The van der Waals surface area contributed by atoms with E-state index in [4.69, 9.17) is 9.47 Å². The number of nitrogens with zero attached hydrogens (tertiary/aromatic N) is 2. The first kappa shape index (κ1) is 23.7. The van der Waals surface area contributed by atoms with Crippen LogP contribution in [0.5, 0.6) is 0 Å². The first-order valence-electron chi connectivity index (χ1n) is 10.4. The van der Waals surface area contributed by atoms with E-state index in [0.29, 0.717) is 25.1 Å². The zero-order valence-electron chi connectivity index (χ0n) is 17.9. The summed E-state index contributed by atoms with van der Waals surface area (Å²) in [5, 5.41) is 6.79. The Morgan fingerprint density at radius 3 is 2.74 bits per heavy atom. The summed E-state index contributed by atoms with van der Waals surface area (Å²) in [6.45, 7) is 9.56. The lowest BCUT2D eigenvalue weighted by Crippen LogP contribution is -2.46. The first-order chi connectivity index (χ1) is 13.0. The van der Waals surface area contributed by atoms with E-state index in [0.717, 1.165) is 26.0 Å². The third-order valence-electron chi connectivity index (χ3n) is 4.83. The van der Waals surface area contributed by atoms with Crippen LogP contribution in [0.25, 0.3) is 0 Å². The lowest BCUT2D eigenvalue weighted by atomic mass is 9.99. The van der Waals surface area contributed by atoms with Gasteiger partial charge in [0, 0.05) is 33.3 Å². The maximum atomic E-state index is 11.9. The van der Waals surface area contributed by atoms with Crippen LogP contribution in [0.1, 0.15) is 52.9 Å². The summed E-state index contributed by atoms with van der Waals surface area (Å²) in [4.78, 5) is 17.9. The van der Waals surface area contributed by atoms with Gasteiger partial charge in [-0.3, -0.25) is 4.79 Å². The number of carbonyl (C=O) groups excluding carboxylic acids is 1. The predicted molar refractivity (Wildman–Crippen MR) is 110 cm³/mol. The molecule has 0 aromatic rings. The number of rotatable bonds is 12. The number of ether oxygens (including phenoxy) is 2. The summed E-state index contributed by atoms with van der Waals surface area (Å²) < 4.78 is 11.2. The van der Waals surface area contributed by atoms with Gasteiger partial charge in [-0.15, -0.1) is 0 Å². The molecule has 3 atom stereocenters. The van der Waals surface area contributed by atoms with Crippen LogP contribution in [0, 0.1) is 5.92 Å². The van der Waals surface area contributed by atoms with Gasteiger partial charge in [-0.25, -0.2) is 4.99 Å². The Morgan fingerprint density at radius 2 is 2.15 bits per heavy atom. The van der Waals surface area contributed by atoms with Crippen molar-refractivity contribution in [3.63, 3.8) is 0 Å². The third kappa shape index (κ3) is 10.5. The fourth-order valence-electron chi connectivity index (χ4n) is 2.82. The molecule has 1 fully saturated rings. The van der Waals surface area contributed by atoms with Crippen molar-refractivity contribution in [3.05, 3.63) is 0 Å². The zero-order chi connectivity index (χ0) is 20.1. The Hall–Kier alpha value is -1.34. The molecule has 3 unspecified atom stereocenters. The van der Waals surface area contributed by atoms with E-state index in [9.17, 15) is 4.79 Å². The zero-order valence-corrected chi connectivity index (χ0v) is 17.9. The highest BCUT2D eigenvalue weighted by Gasteiger charge is 2.17. The lowest BCUT2D eigenvalue weighted by molar-refractivity contribution is -0.127. The number of hydrogen-bond acceptors (Lipinski definition) is 4. The second kappa shape index (κ2) is 13.8. The number of hydrogen-bond donors (Lipinski definition) is 2. The quantitative estimate of drug-likeness (QED) is 0.398. The lowest BCUT2D eigenvalue weighted by Gasteiger charge is -2.22. The molecule has 1 rings (SSSR count). The standard InChI is InChI=1S/C20H40N4O3/c1-6-8-9-17(7-2)12-21-20(22-13-19(25)24(4)5)23-16(3)14-27-18-10-11-26-15-18/h16-18H,6-15H2,1-5H3,(H2,21,22,23). The Labute approximate surface area is 165 Å². The molecular formula is C20H40N4O3. The number of carbonyl (C=O) groups is 1. The molecule has 1 saturated heterocycles. The van der Waals surface area contributed by atoms with Crippen LogP contribution >= 0.6 is 0 Å². The second-order valence-electron chi connectivity index (χ2n) is 7.61. The van der Waals surface area contributed by atoms with E-state index in [1.54, 1.807) is 19.0 Å². The van der Waals surface area contributed by atoms with E-state index in [2.05, 4.69) is 36.4 Å². The van der Waals surface area contributed by atoms with Crippen LogP contribution in [0.2, 0.25) is 0 Å². The van der Waals surface area contributed by atoms with E-state index in [1.165, 1.54) is 19.3 Å². The molecule has 0 radical (unpaired) electrons. The summed E-state index contributed by atoms with van der Waals surface area (Å²) >= 11 is 0. The molecule has 27 heavy (non-hydrogen) atoms. The number of aliphatic imine (C=N–C) groups is 1. The molecular weight excluding hydrogens is 344 g/mol. The van der Waals surface area contributed by atoms with Crippen molar-refractivity contribution in [1.29, 1.82) is 0 Å². The number of unbranched alkanes of at least 4 members (excludes halogenated alkanes) is 1. The van der Waals surface area contributed by atoms with Crippen molar-refractivity contribution in [3.8, 4) is 0 Å². The smallest absolute Gasteiger partial charge is 0.243 e. The molecule has 1 amide bonds. The van der Waals surface area contributed by atoms with Crippen molar-refractivity contribution in [2.24, 2.45) is 10.9 Å². The van der Waals surface area contributed by atoms with Gasteiger partial charge in [-0.2, -0.15) is 0 Å². The van der Waals surface area contributed by atoms with Gasteiger partial charge in [0.15, 0.2) is 5.96 Å². The Balaban J connectivity index is 2.54. The molecule has 7 nitrogen and oxygen atoms in total. The molecule has 1 aliphatic heterocycles. The van der Waals surface area contributed by atoms with Crippen LogP contribution in [0.4, 0.5) is 0 Å². The highest BCUT2D eigenvalue weighted by molar-refractivity contribution is 5.84. The Bertz CT molecular complexity index is 437. The van der Waals surface area contributed by atoms with Gasteiger partial charge in [0.2, 0.25) is 5.91 Å². The van der Waals surface area contributed by atoms with E-state index < -0.39 is 0 Å². The Kier molecular flexibility index (Phi) is 12.1. The topological polar surface area (TPSA) is 75.2 Å². The fraction of sp³-hybridized carbons (Fsp3) is 0.900. The average molecular weight is 385 g/mol. The van der Waals surface area contributed by atoms with Crippen LogP contribution in [0.15, 0.2) is 4.99 Å². The minimum atomic E-state index is -0.0128. The van der Waals surface area contributed by atoms with Gasteiger partial charge in [0.25, 0.3) is 0 Å². The second-order valence-corrected chi connectivity index (χ2v) is 7.61. The highest BCUT2D eigenvalue weighted by Crippen LogP contribution is 2.11. The molecule has 0 saturated carbocycles. The van der Waals surface area contributed by atoms with Crippen molar-refractivity contribution in [1.82, 2.24) is 15.5 Å². The van der Waals surface area contributed by atoms with Crippen LogP contribution in [0.3, 0.4) is 0 Å². The van der Waals surface area contributed by atoms with Gasteiger partial charge in [-0.1, -0.05) is 33.1 Å². The summed E-state index contributed by atoms with van der Waals surface area (Å²) in [7, 11) is 3.49. The number of likely N-dealkylation sites (N-methyl/N-ethyl adjacent to an activating group) is 1. The largest absolute Gasteiger partial charge is 0.379 e. The van der Waals surface area contributed by atoms with Crippen molar-refractivity contribution >= 4 is 11.9 Å². The predicted octanol–water partition coefficient (Wildman–Crippen LogP) is 2.02. The van der Waals surface area contributed by atoms with Gasteiger partial charge < -0.3 is 25.0 Å². The van der Waals surface area contributed by atoms with Crippen molar-refractivity contribution in [2.45, 2.75) is 65.0 Å². The Morgan fingerprint density at radius 1 is 1.37 bits per heavy atom.